The number of aromatic nitrogens is 2. The number of hydrogen-bond donors (Lipinski definition) is 2. The second-order valence-electron chi connectivity index (χ2n) is 6.01. The highest BCUT2D eigenvalue weighted by Gasteiger charge is 2.17. The van der Waals surface area contributed by atoms with Gasteiger partial charge >= 0.3 is 12.0 Å². The van der Waals surface area contributed by atoms with Crippen molar-refractivity contribution in [2.24, 2.45) is 5.92 Å². The molecule has 1 heterocycles. The van der Waals surface area contributed by atoms with E-state index in [1.807, 2.05) is 30.7 Å². The zero-order valence-corrected chi connectivity index (χ0v) is 13.8. The maximum absolute atomic E-state index is 12.2. The van der Waals surface area contributed by atoms with Crippen LogP contribution in [-0.4, -0.2) is 45.4 Å². The number of carboxylic acids is 1. The molecule has 0 saturated carbocycles. The molecule has 1 atom stereocenters. The number of carbonyl (C=O) groups is 2. The van der Waals surface area contributed by atoms with Crippen molar-refractivity contribution in [1.29, 1.82) is 0 Å². The van der Waals surface area contributed by atoms with Crippen molar-refractivity contribution in [1.82, 2.24) is 14.7 Å². The van der Waals surface area contributed by atoms with Crippen LogP contribution in [0, 0.1) is 5.92 Å². The minimum absolute atomic E-state index is 0.146. The van der Waals surface area contributed by atoms with Crippen LogP contribution in [-0.2, 0) is 4.79 Å². The van der Waals surface area contributed by atoms with Gasteiger partial charge in [-0.3, -0.25) is 9.48 Å². The molecule has 23 heavy (non-hydrogen) atoms. The Hall–Kier alpha value is -2.57. The van der Waals surface area contributed by atoms with Gasteiger partial charge in [-0.1, -0.05) is 6.92 Å². The van der Waals surface area contributed by atoms with Crippen LogP contribution in [0.4, 0.5) is 10.5 Å². The number of carboxylic acid groups (broad SMARTS) is 1. The van der Waals surface area contributed by atoms with Crippen molar-refractivity contribution >= 4 is 28.6 Å². The summed E-state index contributed by atoms with van der Waals surface area (Å²) in [5, 5.41) is 17.0. The second kappa shape index (κ2) is 6.68. The molecule has 7 nitrogen and oxygen atoms in total. The molecule has 0 saturated heterocycles. The molecule has 2 N–H and O–H groups in total. The zero-order valence-electron chi connectivity index (χ0n) is 13.8. The Labute approximate surface area is 134 Å². The summed E-state index contributed by atoms with van der Waals surface area (Å²) < 4.78 is 1.89. The van der Waals surface area contributed by atoms with Gasteiger partial charge in [0.15, 0.2) is 0 Å². The van der Waals surface area contributed by atoms with Gasteiger partial charge in [0.1, 0.15) is 0 Å². The van der Waals surface area contributed by atoms with Crippen LogP contribution in [0.15, 0.2) is 24.4 Å². The summed E-state index contributed by atoms with van der Waals surface area (Å²) in [6.07, 6.45) is 1.79. The predicted octanol–water partition coefficient (Wildman–Crippen LogP) is 2.80. The lowest BCUT2D eigenvalue weighted by Gasteiger charge is -2.20. The van der Waals surface area contributed by atoms with E-state index < -0.39 is 11.9 Å². The highest BCUT2D eigenvalue weighted by Crippen LogP contribution is 2.22. The number of nitrogens with one attached hydrogen (secondary N) is 1. The molecule has 0 bridgehead atoms. The standard InChI is InChI=1S/C16H22N4O3/c1-10(2)20-14-7-13(6-5-12(14)8-17-20)18-16(23)19(4)9-11(3)15(21)22/h5-8,10-11H,9H2,1-4H3,(H,18,23)(H,21,22). The minimum Gasteiger partial charge on any atom is -0.481 e. The summed E-state index contributed by atoms with van der Waals surface area (Å²) in [5.41, 5.74) is 1.60. The number of amides is 2. The first-order valence-corrected chi connectivity index (χ1v) is 7.51. The summed E-state index contributed by atoms with van der Waals surface area (Å²) >= 11 is 0. The van der Waals surface area contributed by atoms with Crippen molar-refractivity contribution in [3.05, 3.63) is 24.4 Å². The van der Waals surface area contributed by atoms with E-state index in [0.717, 1.165) is 10.9 Å². The number of hydrogen-bond acceptors (Lipinski definition) is 3. The van der Waals surface area contributed by atoms with Gasteiger partial charge in [0, 0.05) is 30.7 Å². The Kier molecular flexibility index (Phi) is 4.88. The summed E-state index contributed by atoms with van der Waals surface area (Å²) in [5.74, 6) is -1.54. The smallest absolute Gasteiger partial charge is 0.321 e. The lowest BCUT2D eigenvalue weighted by molar-refractivity contribution is -0.141. The van der Waals surface area contributed by atoms with Crippen molar-refractivity contribution in [3.63, 3.8) is 0 Å². The van der Waals surface area contributed by atoms with Gasteiger partial charge in [-0.05, 0) is 32.0 Å². The van der Waals surface area contributed by atoms with Crippen LogP contribution in [0.25, 0.3) is 10.9 Å². The molecule has 124 valence electrons. The summed E-state index contributed by atoms with van der Waals surface area (Å²) in [6, 6.07) is 5.46. The molecule has 0 fully saturated rings. The number of aliphatic carboxylic acids is 1. The Balaban J connectivity index is 2.13. The molecule has 2 amide bonds. The van der Waals surface area contributed by atoms with Gasteiger partial charge in [-0.25, -0.2) is 4.79 Å². The van der Waals surface area contributed by atoms with Crippen molar-refractivity contribution in [2.75, 3.05) is 18.9 Å². The highest BCUT2D eigenvalue weighted by molar-refractivity contribution is 5.92. The first-order valence-electron chi connectivity index (χ1n) is 7.51. The number of anilines is 1. The van der Waals surface area contributed by atoms with Crippen molar-refractivity contribution in [2.45, 2.75) is 26.8 Å². The third-order valence-electron chi connectivity index (χ3n) is 3.65. The van der Waals surface area contributed by atoms with E-state index in [9.17, 15) is 9.59 Å². The molecule has 2 aromatic rings. The Morgan fingerprint density at radius 2 is 2.04 bits per heavy atom. The number of urea groups is 1. The van der Waals surface area contributed by atoms with Crippen LogP contribution in [0.1, 0.15) is 26.8 Å². The largest absolute Gasteiger partial charge is 0.481 e. The number of rotatable bonds is 5. The van der Waals surface area contributed by atoms with Crippen LogP contribution < -0.4 is 5.32 Å². The molecule has 0 aliphatic carbocycles. The molecule has 1 aromatic carbocycles. The van der Waals surface area contributed by atoms with Crippen LogP contribution in [0.2, 0.25) is 0 Å². The Morgan fingerprint density at radius 1 is 1.35 bits per heavy atom. The lowest BCUT2D eigenvalue weighted by atomic mass is 10.2. The maximum Gasteiger partial charge on any atom is 0.321 e. The van der Waals surface area contributed by atoms with E-state index >= 15 is 0 Å². The van der Waals surface area contributed by atoms with Gasteiger partial charge in [0.2, 0.25) is 0 Å². The summed E-state index contributed by atoms with van der Waals surface area (Å²) in [6.45, 7) is 5.80. The molecule has 2 rings (SSSR count). The molecule has 0 aliphatic heterocycles. The fourth-order valence-corrected chi connectivity index (χ4v) is 2.32. The molecular weight excluding hydrogens is 296 g/mol. The van der Waals surface area contributed by atoms with Gasteiger partial charge in [0.05, 0.1) is 17.6 Å². The van der Waals surface area contributed by atoms with Gasteiger partial charge in [-0.15, -0.1) is 0 Å². The number of nitrogens with zero attached hydrogens (tertiary/aromatic N) is 3. The van der Waals surface area contributed by atoms with E-state index in [0.29, 0.717) is 5.69 Å². The first kappa shape index (κ1) is 16.8. The van der Waals surface area contributed by atoms with Crippen molar-refractivity contribution in [3.8, 4) is 0 Å². The molecule has 7 heteroatoms. The Morgan fingerprint density at radius 3 is 2.65 bits per heavy atom. The zero-order chi connectivity index (χ0) is 17.1. The quantitative estimate of drug-likeness (QED) is 0.887. The predicted molar refractivity (Wildman–Crippen MR) is 88.6 cm³/mol. The first-order chi connectivity index (χ1) is 10.8. The highest BCUT2D eigenvalue weighted by atomic mass is 16.4. The lowest BCUT2D eigenvalue weighted by Crippen LogP contribution is -2.36. The third-order valence-corrected chi connectivity index (χ3v) is 3.65. The molecular formula is C16H22N4O3. The molecule has 1 unspecified atom stereocenters. The van der Waals surface area contributed by atoms with E-state index in [-0.39, 0.29) is 18.6 Å². The van der Waals surface area contributed by atoms with Gasteiger partial charge in [-0.2, -0.15) is 5.10 Å². The van der Waals surface area contributed by atoms with Crippen LogP contribution >= 0.6 is 0 Å². The minimum atomic E-state index is -0.924. The third kappa shape index (κ3) is 3.80. The summed E-state index contributed by atoms with van der Waals surface area (Å²) in [4.78, 5) is 24.4. The average molecular weight is 318 g/mol. The monoisotopic (exact) mass is 318 g/mol. The SMILES string of the molecule is CC(CN(C)C(=O)Nc1ccc2cnn(C(C)C)c2c1)C(=O)O. The number of benzene rings is 1. The molecule has 0 spiro atoms. The van der Waals surface area contributed by atoms with E-state index in [1.165, 1.54) is 4.90 Å². The normalized spacial score (nSPS) is 12.4. The van der Waals surface area contributed by atoms with Gasteiger partial charge < -0.3 is 15.3 Å². The fourth-order valence-electron chi connectivity index (χ4n) is 2.32. The van der Waals surface area contributed by atoms with Gasteiger partial charge in [0.25, 0.3) is 0 Å². The Bertz CT molecular complexity index is 723. The van der Waals surface area contributed by atoms with E-state index in [2.05, 4.69) is 10.4 Å². The van der Waals surface area contributed by atoms with Crippen LogP contribution in [0.3, 0.4) is 0 Å². The second-order valence-corrected chi connectivity index (χ2v) is 6.01. The van der Waals surface area contributed by atoms with E-state index in [4.69, 9.17) is 5.11 Å². The molecule has 1 aromatic heterocycles. The number of carbonyl (C=O) groups excluding carboxylic acids is 1. The average Bonchev–Trinajstić information content (AvgIpc) is 2.90. The van der Waals surface area contributed by atoms with Crippen molar-refractivity contribution < 1.29 is 14.7 Å². The van der Waals surface area contributed by atoms with E-state index in [1.54, 1.807) is 26.2 Å². The number of fused-ring (bicyclic) bond motifs is 1. The maximum atomic E-state index is 12.2. The van der Waals surface area contributed by atoms with Crippen LogP contribution in [0.5, 0.6) is 0 Å². The molecule has 0 aliphatic rings. The molecule has 0 radical (unpaired) electrons. The fraction of sp³-hybridized carbons (Fsp3) is 0.438. The topological polar surface area (TPSA) is 87.5 Å². The summed E-state index contributed by atoms with van der Waals surface area (Å²) in [7, 11) is 1.58.